The molecule has 8 heteroatoms. The second-order valence-electron chi connectivity index (χ2n) is 8.85. The van der Waals surface area contributed by atoms with E-state index in [2.05, 4.69) is 10.3 Å². The first kappa shape index (κ1) is 23.6. The number of carbonyl (C=O) groups is 2. The maximum absolute atomic E-state index is 13.5. The largest absolute Gasteiger partial charge is 0.399 e. The van der Waals surface area contributed by atoms with Crippen molar-refractivity contribution in [1.29, 1.82) is 0 Å². The van der Waals surface area contributed by atoms with E-state index < -0.39 is 11.6 Å². The minimum Gasteiger partial charge on any atom is -0.399 e. The molecule has 2 amide bonds. The normalized spacial score (nSPS) is 14.4. The molecule has 4 rings (SSSR count). The molecule has 0 saturated carbocycles. The average Bonchev–Trinajstić information content (AvgIpc) is 3.14. The van der Waals surface area contributed by atoms with E-state index in [1.165, 1.54) is 5.56 Å². The molecule has 0 saturated heterocycles. The molecule has 170 valence electrons. The Labute approximate surface area is 193 Å². The van der Waals surface area contributed by atoms with Crippen LogP contribution in [0.15, 0.2) is 48.7 Å². The number of anilines is 1. The van der Waals surface area contributed by atoms with Gasteiger partial charge in [0.05, 0.1) is 5.54 Å². The van der Waals surface area contributed by atoms with Gasteiger partial charge in [-0.25, -0.2) is 0 Å². The fourth-order valence-electron chi connectivity index (χ4n) is 4.05. The van der Waals surface area contributed by atoms with Gasteiger partial charge in [0.1, 0.15) is 6.04 Å². The number of nitrogen functional groups attached to an aromatic ring is 1. The van der Waals surface area contributed by atoms with Crippen molar-refractivity contribution in [3.05, 3.63) is 65.4 Å². The van der Waals surface area contributed by atoms with Crippen LogP contribution < -0.4 is 16.8 Å². The number of carbonyl (C=O) groups excluding carboxylic acids is 2. The maximum atomic E-state index is 13.5. The van der Waals surface area contributed by atoms with Crippen molar-refractivity contribution in [3.8, 4) is 0 Å². The molecule has 32 heavy (non-hydrogen) atoms. The molecular formula is C24H30ClN5O2. The maximum Gasteiger partial charge on any atom is 0.245 e. The summed E-state index contributed by atoms with van der Waals surface area (Å²) in [6.07, 6.45) is 3.04. The van der Waals surface area contributed by atoms with Crippen LogP contribution in [-0.4, -0.2) is 39.8 Å². The fraction of sp³-hybridized carbons (Fsp3) is 0.333. The van der Waals surface area contributed by atoms with E-state index in [1.807, 2.05) is 48.7 Å². The Kier molecular flexibility index (Phi) is 6.81. The van der Waals surface area contributed by atoms with Crippen LogP contribution in [0.1, 0.15) is 30.5 Å². The Morgan fingerprint density at radius 3 is 2.69 bits per heavy atom. The number of rotatable bonds is 5. The monoisotopic (exact) mass is 455 g/mol. The number of amides is 2. The lowest BCUT2D eigenvalue weighted by Crippen LogP contribution is -2.57. The minimum atomic E-state index is -1.08. The van der Waals surface area contributed by atoms with E-state index in [1.54, 1.807) is 18.7 Å². The smallest absolute Gasteiger partial charge is 0.245 e. The van der Waals surface area contributed by atoms with Crippen molar-refractivity contribution in [2.24, 2.45) is 5.73 Å². The summed E-state index contributed by atoms with van der Waals surface area (Å²) in [5.74, 6) is -0.469. The second-order valence-corrected chi connectivity index (χ2v) is 8.85. The highest BCUT2D eigenvalue weighted by atomic mass is 35.5. The van der Waals surface area contributed by atoms with Crippen molar-refractivity contribution >= 4 is 40.8 Å². The Morgan fingerprint density at radius 2 is 1.94 bits per heavy atom. The van der Waals surface area contributed by atoms with Crippen molar-refractivity contribution in [3.63, 3.8) is 0 Å². The number of nitrogens with two attached hydrogens (primary N) is 2. The standard InChI is InChI=1S/C24H29N5O2.ClH/c1-24(2,26)23(31)28-21(12-16-13-27-20-6-4-3-5-19(16)20)22(30)29-10-9-15-7-8-18(25)11-17(15)14-29;/h3-8,11,13,21,27H,9-10,12,14,25-26H2,1-2H3,(H,28,31);1H/t21-;/m1./s1. The first-order valence-electron chi connectivity index (χ1n) is 10.5. The minimum absolute atomic E-state index is 0. The third kappa shape index (κ3) is 4.89. The van der Waals surface area contributed by atoms with Crippen LogP contribution in [0, 0.1) is 0 Å². The zero-order chi connectivity index (χ0) is 22.2. The zero-order valence-corrected chi connectivity index (χ0v) is 19.2. The molecule has 0 fully saturated rings. The first-order valence-corrected chi connectivity index (χ1v) is 10.5. The van der Waals surface area contributed by atoms with Gasteiger partial charge in [-0.3, -0.25) is 9.59 Å². The van der Waals surface area contributed by atoms with Crippen LogP contribution in [0.3, 0.4) is 0 Å². The van der Waals surface area contributed by atoms with E-state index in [0.717, 1.165) is 28.5 Å². The average molecular weight is 456 g/mol. The number of benzene rings is 2. The van der Waals surface area contributed by atoms with E-state index in [0.29, 0.717) is 25.2 Å². The topological polar surface area (TPSA) is 117 Å². The predicted molar refractivity (Wildman–Crippen MR) is 129 cm³/mol. The molecule has 1 aliphatic heterocycles. The number of halogens is 1. The summed E-state index contributed by atoms with van der Waals surface area (Å²) in [4.78, 5) is 31.2. The number of fused-ring (bicyclic) bond motifs is 2. The molecule has 7 nitrogen and oxygen atoms in total. The molecule has 6 N–H and O–H groups in total. The number of hydrogen-bond acceptors (Lipinski definition) is 4. The van der Waals surface area contributed by atoms with E-state index in [9.17, 15) is 9.59 Å². The predicted octanol–water partition coefficient (Wildman–Crippen LogP) is 2.52. The van der Waals surface area contributed by atoms with E-state index >= 15 is 0 Å². The highest BCUT2D eigenvalue weighted by Crippen LogP contribution is 2.24. The number of nitrogens with zero attached hydrogens (tertiary/aromatic N) is 1. The zero-order valence-electron chi connectivity index (χ0n) is 18.4. The molecule has 0 aliphatic carbocycles. The van der Waals surface area contributed by atoms with Crippen molar-refractivity contribution in [1.82, 2.24) is 15.2 Å². The van der Waals surface area contributed by atoms with Gasteiger partial charge in [-0.1, -0.05) is 24.3 Å². The molecular weight excluding hydrogens is 426 g/mol. The van der Waals surface area contributed by atoms with Crippen LogP contribution in [0.5, 0.6) is 0 Å². The molecule has 1 aromatic heterocycles. The highest BCUT2D eigenvalue weighted by molar-refractivity contribution is 5.92. The SMILES string of the molecule is CC(C)(N)C(=O)N[C@H](Cc1c[nH]c2ccccc12)C(=O)N1CCc2ccc(N)cc2C1.Cl. The van der Waals surface area contributed by atoms with Crippen molar-refractivity contribution in [2.45, 2.75) is 44.8 Å². The molecule has 0 bridgehead atoms. The fourth-order valence-corrected chi connectivity index (χ4v) is 4.05. The van der Waals surface area contributed by atoms with Gasteiger partial charge < -0.3 is 26.7 Å². The van der Waals surface area contributed by atoms with Gasteiger partial charge in [0.2, 0.25) is 11.8 Å². The van der Waals surface area contributed by atoms with Crippen LogP contribution >= 0.6 is 12.4 Å². The van der Waals surface area contributed by atoms with Crippen LogP contribution in [0.4, 0.5) is 5.69 Å². The molecule has 0 unspecified atom stereocenters. The summed E-state index contributed by atoms with van der Waals surface area (Å²) in [6.45, 7) is 4.35. The Morgan fingerprint density at radius 1 is 1.19 bits per heavy atom. The molecule has 3 aromatic rings. The van der Waals surface area contributed by atoms with Gasteiger partial charge >= 0.3 is 0 Å². The number of aromatic nitrogens is 1. The van der Waals surface area contributed by atoms with Gasteiger partial charge in [-0.05, 0) is 55.2 Å². The highest BCUT2D eigenvalue weighted by Gasteiger charge is 2.32. The molecule has 0 radical (unpaired) electrons. The summed E-state index contributed by atoms with van der Waals surface area (Å²) < 4.78 is 0. The van der Waals surface area contributed by atoms with Crippen molar-refractivity contribution < 1.29 is 9.59 Å². The first-order chi connectivity index (χ1) is 14.7. The van der Waals surface area contributed by atoms with Gasteiger partial charge in [0, 0.05) is 42.3 Å². The number of H-pyrrole nitrogens is 1. The lowest BCUT2D eigenvalue weighted by molar-refractivity contribution is -0.138. The molecule has 2 aromatic carbocycles. The number of para-hydroxylation sites is 1. The van der Waals surface area contributed by atoms with Crippen molar-refractivity contribution in [2.75, 3.05) is 12.3 Å². The molecule has 2 heterocycles. The number of hydrogen-bond donors (Lipinski definition) is 4. The van der Waals surface area contributed by atoms with E-state index in [4.69, 9.17) is 11.5 Å². The number of aromatic amines is 1. The van der Waals surface area contributed by atoms with Gasteiger partial charge in [-0.2, -0.15) is 0 Å². The third-order valence-electron chi connectivity index (χ3n) is 5.84. The summed E-state index contributed by atoms with van der Waals surface area (Å²) in [7, 11) is 0. The van der Waals surface area contributed by atoms with Crippen LogP contribution in [0.25, 0.3) is 10.9 Å². The quantitative estimate of drug-likeness (QED) is 0.442. The summed E-state index contributed by atoms with van der Waals surface area (Å²) >= 11 is 0. The lowest BCUT2D eigenvalue weighted by atomic mass is 9.97. The van der Waals surface area contributed by atoms with Crippen LogP contribution in [-0.2, 0) is 29.0 Å². The third-order valence-corrected chi connectivity index (χ3v) is 5.84. The Hall–Kier alpha value is -3.03. The van der Waals surface area contributed by atoms with Gasteiger partial charge in [0.25, 0.3) is 0 Å². The summed E-state index contributed by atoms with van der Waals surface area (Å²) in [5, 5.41) is 3.94. The Bertz CT molecular complexity index is 1130. The van der Waals surface area contributed by atoms with Gasteiger partial charge in [0.15, 0.2) is 0 Å². The van der Waals surface area contributed by atoms with Crippen LogP contribution in [0.2, 0.25) is 0 Å². The molecule has 1 atom stereocenters. The Balaban J connectivity index is 0.00000289. The molecule has 1 aliphatic rings. The lowest BCUT2D eigenvalue weighted by Gasteiger charge is -2.33. The molecule has 0 spiro atoms. The van der Waals surface area contributed by atoms with E-state index in [-0.39, 0.29) is 24.2 Å². The number of nitrogens with one attached hydrogen (secondary N) is 2. The summed E-state index contributed by atoms with van der Waals surface area (Å²) in [5.41, 5.74) is 15.8. The second kappa shape index (κ2) is 9.22. The van der Waals surface area contributed by atoms with Gasteiger partial charge in [-0.15, -0.1) is 12.4 Å². The summed E-state index contributed by atoms with van der Waals surface area (Å²) in [6, 6.07) is 13.0.